The summed E-state index contributed by atoms with van der Waals surface area (Å²) in [6, 6.07) is -2.86. The first-order valence-corrected chi connectivity index (χ1v) is 14.5. The Balaban J connectivity index is 2.55. The van der Waals surface area contributed by atoms with Gasteiger partial charge in [-0.25, -0.2) is 4.79 Å². The Morgan fingerprint density at radius 2 is 1.64 bits per heavy atom. The summed E-state index contributed by atoms with van der Waals surface area (Å²) in [4.78, 5) is 65.2. The summed E-state index contributed by atoms with van der Waals surface area (Å²) in [6.45, 7) is 8.66. The summed E-state index contributed by atoms with van der Waals surface area (Å²) in [5.41, 5.74) is -0.0445. The van der Waals surface area contributed by atoms with E-state index in [4.69, 9.17) is 4.74 Å². The van der Waals surface area contributed by atoms with Crippen molar-refractivity contribution in [1.29, 1.82) is 0 Å². The van der Waals surface area contributed by atoms with Crippen LogP contribution < -0.4 is 21.3 Å². The number of nitrogens with one attached hydrogen (secondary N) is 4. The smallest absolute Gasteiger partial charge is 0.329 e. The largest absolute Gasteiger partial charge is 0.456 e. The molecule has 0 aromatic heterocycles. The molecule has 4 atom stereocenters. The minimum absolute atomic E-state index is 0.0445. The van der Waals surface area contributed by atoms with Crippen LogP contribution in [-0.4, -0.2) is 65.3 Å². The van der Waals surface area contributed by atoms with Gasteiger partial charge in [-0.2, -0.15) is 0 Å². The van der Waals surface area contributed by atoms with Crippen molar-refractivity contribution in [2.45, 2.75) is 71.7 Å². The topological polar surface area (TPSA) is 143 Å². The fraction of sp³-hybridized carbons (Fsp3) is 0.625. The lowest BCUT2D eigenvalue weighted by Crippen LogP contribution is -2.57. The molecule has 4 N–H and O–H groups in total. The van der Waals surface area contributed by atoms with Gasteiger partial charge in [-0.1, -0.05) is 61.4 Å². The van der Waals surface area contributed by atoms with Crippen LogP contribution in [0.4, 0.5) is 0 Å². The molecule has 10 nitrogen and oxygen atoms in total. The van der Waals surface area contributed by atoms with Crippen molar-refractivity contribution in [3.8, 4) is 0 Å². The number of rotatable bonds is 2. The Labute approximate surface area is 220 Å². The van der Waals surface area contributed by atoms with E-state index >= 15 is 0 Å². The fourth-order valence-corrected chi connectivity index (χ4v) is 5.66. The molecule has 2 bridgehead atoms. The number of hydrogen-bond donors (Lipinski definition) is 4. The molecule has 0 aliphatic carbocycles. The Morgan fingerprint density at radius 3 is 2.28 bits per heavy atom. The third-order valence-electron chi connectivity index (χ3n) is 5.59. The average Bonchev–Trinajstić information content (AvgIpc) is 2.81. The molecule has 1 unspecified atom stereocenters. The van der Waals surface area contributed by atoms with Crippen LogP contribution in [0.1, 0.15) is 47.5 Å². The van der Waals surface area contributed by atoms with E-state index in [1.54, 1.807) is 40.7 Å². The molecule has 2 aliphatic heterocycles. The zero-order valence-corrected chi connectivity index (χ0v) is 22.9. The standard InChI is InChI=1S/C24H36N4O6S2/c1-6-16-21(30)28-20(14(4)5)24(33)34-15-9-7-8-10-35-36-12-17(22(31)25-16)26-23(32)19(13(2)3)27-18(29)11-15/h6-7,9,13-15,17,19-20H,8,10-12H2,1-5H3,(H,25,31)(H,26,32)(H,27,29)(H,28,30)/b9-7+,16-6-/t15-,17-,19?,20+/m1/s1. The molecular formula is C24H36N4O6S2. The maximum absolute atomic E-state index is 13.2. The highest BCUT2D eigenvalue weighted by Crippen LogP contribution is 2.24. The van der Waals surface area contributed by atoms with Gasteiger partial charge in [-0.15, -0.1) is 0 Å². The number of carbonyl (C=O) groups excluding carboxylic acids is 5. The zero-order valence-electron chi connectivity index (χ0n) is 21.3. The summed E-state index contributed by atoms with van der Waals surface area (Å²) in [6.07, 6.45) is 4.51. The van der Waals surface area contributed by atoms with Crippen LogP contribution in [0, 0.1) is 11.8 Å². The molecule has 0 radical (unpaired) electrons. The van der Waals surface area contributed by atoms with Crippen LogP contribution in [-0.2, 0) is 28.7 Å². The van der Waals surface area contributed by atoms with Gasteiger partial charge in [0.2, 0.25) is 17.7 Å². The van der Waals surface area contributed by atoms with Crippen molar-refractivity contribution in [3.05, 3.63) is 23.9 Å². The van der Waals surface area contributed by atoms with Crippen LogP contribution >= 0.6 is 21.6 Å². The van der Waals surface area contributed by atoms with E-state index in [-0.39, 0.29) is 29.7 Å². The zero-order chi connectivity index (χ0) is 26.8. The van der Waals surface area contributed by atoms with Crippen LogP contribution in [0.15, 0.2) is 23.9 Å². The molecule has 12 heteroatoms. The van der Waals surface area contributed by atoms with Gasteiger partial charge in [0, 0.05) is 11.5 Å². The lowest BCUT2D eigenvalue weighted by Gasteiger charge is -2.27. The van der Waals surface area contributed by atoms with Gasteiger partial charge < -0.3 is 26.0 Å². The Bertz CT molecular complexity index is 905. The number of esters is 1. The molecule has 2 aliphatic rings. The molecule has 0 aromatic carbocycles. The SMILES string of the molecule is C/C=C1\NC(=O)[C@H]2CSSCC/C=C/[C@H](CC(=O)NC(C(C)C)C(=O)N2)OC(=O)[C@H](C(C)C)NC1=O. The summed E-state index contributed by atoms with van der Waals surface area (Å²) in [7, 11) is 2.95. The predicted octanol–water partition coefficient (Wildman–Crippen LogP) is 1.43. The number of carbonyl (C=O) groups is 5. The van der Waals surface area contributed by atoms with E-state index in [9.17, 15) is 24.0 Å². The number of ether oxygens (including phenoxy) is 1. The van der Waals surface area contributed by atoms with Crippen molar-refractivity contribution in [2.24, 2.45) is 11.8 Å². The molecule has 0 spiro atoms. The fourth-order valence-electron chi connectivity index (χ4n) is 3.50. The van der Waals surface area contributed by atoms with Gasteiger partial charge >= 0.3 is 5.97 Å². The van der Waals surface area contributed by atoms with Crippen LogP contribution in [0.2, 0.25) is 0 Å². The van der Waals surface area contributed by atoms with Crippen LogP contribution in [0.5, 0.6) is 0 Å². The lowest BCUT2D eigenvalue weighted by atomic mass is 10.0. The van der Waals surface area contributed by atoms with E-state index < -0.39 is 53.8 Å². The number of fused-ring (bicyclic) bond motifs is 7. The second-order valence-electron chi connectivity index (χ2n) is 9.24. The maximum atomic E-state index is 13.2. The van der Waals surface area contributed by atoms with E-state index in [0.29, 0.717) is 12.2 Å². The molecule has 36 heavy (non-hydrogen) atoms. The third-order valence-corrected chi connectivity index (χ3v) is 8.03. The molecule has 2 heterocycles. The molecule has 1 saturated heterocycles. The maximum Gasteiger partial charge on any atom is 0.329 e. The molecule has 0 saturated carbocycles. The van der Waals surface area contributed by atoms with Crippen molar-refractivity contribution in [2.75, 3.05) is 11.5 Å². The number of amides is 4. The molecule has 4 amide bonds. The van der Waals surface area contributed by atoms with E-state index in [0.717, 1.165) is 0 Å². The van der Waals surface area contributed by atoms with Gasteiger partial charge in [-0.3, -0.25) is 19.2 Å². The average molecular weight is 541 g/mol. The minimum Gasteiger partial charge on any atom is -0.456 e. The minimum atomic E-state index is -1.00. The Hall–Kier alpha value is -2.47. The Kier molecular flexibility index (Phi) is 11.8. The molecule has 0 aromatic rings. The monoisotopic (exact) mass is 540 g/mol. The third kappa shape index (κ3) is 8.88. The second-order valence-corrected chi connectivity index (χ2v) is 11.9. The summed E-state index contributed by atoms with van der Waals surface area (Å²) in [5.74, 6) is -2.54. The summed E-state index contributed by atoms with van der Waals surface area (Å²) >= 11 is 0. The van der Waals surface area contributed by atoms with Crippen molar-refractivity contribution in [1.82, 2.24) is 21.3 Å². The Morgan fingerprint density at radius 1 is 0.944 bits per heavy atom. The predicted molar refractivity (Wildman–Crippen MR) is 141 cm³/mol. The van der Waals surface area contributed by atoms with Gasteiger partial charge in [0.05, 0.1) is 6.42 Å². The summed E-state index contributed by atoms with van der Waals surface area (Å²) < 4.78 is 5.65. The van der Waals surface area contributed by atoms with Crippen LogP contribution in [0.3, 0.4) is 0 Å². The van der Waals surface area contributed by atoms with Gasteiger partial charge in [-0.05, 0) is 31.3 Å². The number of hydrogen-bond acceptors (Lipinski definition) is 8. The van der Waals surface area contributed by atoms with Gasteiger partial charge in [0.15, 0.2) is 0 Å². The van der Waals surface area contributed by atoms with Gasteiger partial charge in [0.1, 0.15) is 29.9 Å². The lowest BCUT2D eigenvalue weighted by molar-refractivity contribution is -0.153. The number of allylic oxidation sites excluding steroid dienone is 2. The highest BCUT2D eigenvalue weighted by Gasteiger charge is 2.33. The first-order valence-electron chi connectivity index (χ1n) is 12.0. The van der Waals surface area contributed by atoms with Crippen molar-refractivity contribution < 1.29 is 28.7 Å². The molecular weight excluding hydrogens is 504 g/mol. The highest BCUT2D eigenvalue weighted by molar-refractivity contribution is 8.76. The normalized spacial score (nSPS) is 29.6. The molecule has 1 fully saturated rings. The van der Waals surface area contributed by atoms with Crippen LogP contribution in [0.25, 0.3) is 0 Å². The first kappa shape index (κ1) is 29.8. The molecule has 2 rings (SSSR count). The highest BCUT2D eigenvalue weighted by atomic mass is 33.1. The quantitative estimate of drug-likeness (QED) is 0.178. The van der Waals surface area contributed by atoms with Gasteiger partial charge in [0.25, 0.3) is 5.91 Å². The first-order chi connectivity index (χ1) is 17.0. The van der Waals surface area contributed by atoms with E-state index in [1.165, 1.54) is 27.7 Å². The summed E-state index contributed by atoms with van der Waals surface area (Å²) in [5, 5.41) is 10.7. The molecule has 200 valence electrons. The van der Waals surface area contributed by atoms with E-state index in [2.05, 4.69) is 21.3 Å². The second kappa shape index (κ2) is 14.3. The van der Waals surface area contributed by atoms with E-state index in [1.807, 2.05) is 6.08 Å². The van der Waals surface area contributed by atoms with Crippen molar-refractivity contribution >= 4 is 51.2 Å². The van der Waals surface area contributed by atoms with Crippen molar-refractivity contribution in [3.63, 3.8) is 0 Å².